The molecule has 0 radical (unpaired) electrons. The normalized spacial score (nSPS) is 12.4. The van der Waals surface area contributed by atoms with Crippen LogP contribution in [0.15, 0.2) is 52.3 Å². The molecule has 0 spiro atoms. The smallest absolute Gasteiger partial charge is 0.276 e. The molecule has 26 heavy (non-hydrogen) atoms. The minimum atomic E-state index is -0.156. The molecule has 3 aromatic rings. The summed E-state index contributed by atoms with van der Waals surface area (Å²) in [5.41, 5.74) is 5.73. The predicted molar refractivity (Wildman–Crippen MR) is 109 cm³/mol. The summed E-state index contributed by atoms with van der Waals surface area (Å²) in [7, 11) is 1.91. The molecule has 132 valence electrons. The van der Waals surface area contributed by atoms with Gasteiger partial charge in [0.05, 0.1) is 5.69 Å². The molecule has 4 rings (SSSR count). The highest BCUT2D eigenvalue weighted by atomic mass is 32.2. The Morgan fingerprint density at radius 3 is 2.92 bits per heavy atom. The number of nitrogens with zero attached hydrogens (tertiary/aromatic N) is 2. The topological polar surface area (TPSA) is 46.9 Å². The molecule has 1 aliphatic heterocycles. The minimum absolute atomic E-state index is 0.156. The highest BCUT2D eigenvalue weighted by Crippen LogP contribution is 2.43. The maximum Gasteiger partial charge on any atom is 0.276 e. The average molecular weight is 382 g/mol. The largest absolute Gasteiger partial charge is 0.321 e. The third kappa shape index (κ3) is 3.04. The zero-order chi connectivity index (χ0) is 18.3. The molecule has 4 nitrogen and oxygen atoms in total. The van der Waals surface area contributed by atoms with Gasteiger partial charge in [-0.05, 0) is 43.5 Å². The van der Waals surface area contributed by atoms with Crippen molar-refractivity contribution >= 4 is 35.1 Å². The highest BCUT2D eigenvalue weighted by molar-refractivity contribution is 7.99. The van der Waals surface area contributed by atoms with E-state index < -0.39 is 0 Å². The first-order valence-corrected chi connectivity index (χ1v) is 10.5. The van der Waals surface area contributed by atoms with Crippen LogP contribution in [0, 0.1) is 6.92 Å². The van der Waals surface area contributed by atoms with Crippen LogP contribution in [0.5, 0.6) is 0 Å². The molecule has 0 aliphatic carbocycles. The molecule has 1 aromatic heterocycles. The van der Waals surface area contributed by atoms with Crippen LogP contribution in [0.1, 0.15) is 21.6 Å². The number of thioether (sulfide) groups is 2. The number of hydrogen-bond donors (Lipinski definition) is 1. The molecule has 0 unspecified atom stereocenters. The van der Waals surface area contributed by atoms with Crippen molar-refractivity contribution in [2.75, 3.05) is 11.6 Å². The SMILES string of the molecule is CSc1cccc(NC(=O)c2nn(C)c3c2CSc2ccc(C)cc2-3)c1. The molecule has 0 fully saturated rings. The van der Waals surface area contributed by atoms with Crippen LogP contribution in [0.25, 0.3) is 11.3 Å². The van der Waals surface area contributed by atoms with Crippen molar-refractivity contribution in [1.82, 2.24) is 9.78 Å². The van der Waals surface area contributed by atoms with Crippen molar-refractivity contribution in [1.29, 1.82) is 0 Å². The second-order valence-electron chi connectivity index (χ2n) is 6.27. The third-order valence-corrected chi connectivity index (χ3v) is 6.28. The molecule has 6 heteroatoms. The van der Waals surface area contributed by atoms with Gasteiger partial charge in [-0.15, -0.1) is 23.5 Å². The number of carbonyl (C=O) groups excluding carboxylic acids is 1. The van der Waals surface area contributed by atoms with E-state index in [1.54, 1.807) is 23.5 Å². The molecule has 0 saturated carbocycles. The second kappa shape index (κ2) is 6.85. The zero-order valence-electron chi connectivity index (χ0n) is 14.9. The van der Waals surface area contributed by atoms with E-state index in [4.69, 9.17) is 0 Å². The molecule has 1 amide bonds. The summed E-state index contributed by atoms with van der Waals surface area (Å²) in [6.45, 7) is 2.09. The summed E-state index contributed by atoms with van der Waals surface area (Å²) in [5, 5.41) is 7.54. The fourth-order valence-electron chi connectivity index (χ4n) is 3.22. The Hall–Kier alpha value is -2.18. The van der Waals surface area contributed by atoms with Crippen molar-refractivity contribution in [2.45, 2.75) is 22.5 Å². The molecule has 0 bridgehead atoms. The van der Waals surface area contributed by atoms with Gasteiger partial charge in [-0.2, -0.15) is 5.10 Å². The van der Waals surface area contributed by atoms with Gasteiger partial charge in [-0.3, -0.25) is 9.48 Å². The summed E-state index contributed by atoms with van der Waals surface area (Å²) >= 11 is 3.41. The Kier molecular flexibility index (Phi) is 4.54. The summed E-state index contributed by atoms with van der Waals surface area (Å²) in [6, 6.07) is 14.3. The van der Waals surface area contributed by atoms with E-state index in [9.17, 15) is 4.79 Å². The number of nitrogens with one attached hydrogen (secondary N) is 1. The van der Waals surface area contributed by atoms with Crippen LogP contribution in [0.2, 0.25) is 0 Å². The molecule has 2 heterocycles. The first-order chi connectivity index (χ1) is 12.6. The first kappa shape index (κ1) is 17.2. The maximum absolute atomic E-state index is 12.9. The number of anilines is 1. The van der Waals surface area contributed by atoms with Crippen molar-refractivity contribution in [3.8, 4) is 11.3 Å². The van der Waals surface area contributed by atoms with Crippen LogP contribution in [0.3, 0.4) is 0 Å². The molecule has 2 aromatic carbocycles. The van der Waals surface area contributed by atoms with Gasteiger partial charge in [0.25, 0.3) is 5.91 Å². The second-order valence-corrected chi connectivity index (χ2v) is 8.17. The number of aryl methyl sites for hydroxylation is 2. The molecular weight excluding hydrogens is 362 g/mol. The fraction of sp³-hybridized carbons (Fsp3) is 0.200. The fourth-order valence-corrected chi connectivity index (χ4v) is 4.73. The van der Waals surface area contributed by atoms with Crippen LogP contribution in [-0.4, -0.2) is 21.9 Å². The standard InChI is InChI=1S/C20H19N3OS2/c1-12-7-8-17-15(9-12)19-16(11-26-17)18(22-23(19)2)20(24)21-13-5-4-6-14(10-13)25-3/h4-10H,11H2,1-3H3,(H,21,24). The van der Waals surface area contributed by atoms with Crippen molar-refractivity contribution in [3.05, 3.63) is 59.3 Å². The summed E-state index contributed by atoms with van der Waals surface area (Å²) in [4.78, 5) is 15.2. The van der Waals surface area contributed by atoms with Crippen LogP contribution < -0.4 is 5.32 Å². The van der Waals surface area contributed by atoms with E-state index in [1.807, 2.05) is 42.3 Å². The van der Waals surface area contributed by atoms with Crippen LogP contribution in [0.4, 0.5) is 5.69 Å². The van der Waals surface area contributed by atoms with E-state index in [0.717, 1.165) is 33.2 Å². The van der Waals surface area contributed by atoms with Gasteiger partial charge < -0.3 is 5.32 Å². The Labute approximate surface area is 161 Å². The Bertz CT molecular complexity index is 1010. The lowest BCUT2D eigenvalue weighted by Crippen LogP contribution is -2.15. The number of hydrogen-bond acceptors (Lipinski definition) is 4. The summed E-state index contributed by atoms with van der Waals surface area (Å²) < 4.78 is 1.83. The van der Waals surface area contributed by atoms with Gasteiger partial charge in [0, 0.05) is 39.4 Å². The van der Waals surface area contributed by atoms with Crippen molar-refractivity contribution in [2.24, 2.45) is 7.05 Å². The average Bonchev–Trinajstić information content (AvgIpc) is 2.99. The van der Waals surface area contributed by atoms with Crippen LogP contribution >= 0.6 is 23.5 Å². The molecule has 1 aliphatic rings. The molecular formula is C20H19N3OS2. The zero-order valence-corrected chi connectivity index (χ0v) is 16.5. The van der Waals surface area contributed by atoms with Gasteiger partial charge in [-0.1, -0.05) is 17.7 Å². The Morgan fingerprint density at radius 2 is 2.12 bits per heavy atom. The molecule has 0 atom stereocenters. The maximum atomic E-state index is 12.9. The predicted octanol–water partition coefficient (Wildman–Crippen LogP) is 4.98. The molecule has 0 saturated heterocycles. The highest BCUT2D eigenvalue weighted by Gasteiger charge is 2.27. The molecule has 1 N–H and O–H groups in total. The van der Waals surface area contributed by atoms with Crippen LogP contribution in [-0.2, 0) is 12.8 Å². The lowest BCUT2D eigenvalue weighted by Gasteiger charge is -2.17. The monoisotopic (exact) mass is 381 g/mol. The van der Waals surface area contributed by atoms with Gasteiger partial charge in [0.15, 0.2) is 5.69 Å². The minimum Gasteiger partial charge on any atom is -0.321 e. The van der Waals surface area contributed by atoms with Crippen molar-refractivity contribution in [3.63, 3.8) is 0 Å². The number of amides is 1. The first-order valence-electron chi connectivity index (χ1n) is 8.32. The lowest BCUT2D eigenvalue weighted by molar-refractivity contribution is 0.102. The Morgan fingerprint density at radius 1 is 1.27 bits per heavy atom. The number of rotatable bonds is 3. The lowest BCUT2D eigenvalue weighted by atomic mass is 10.0. The van der Waals surface area contributed by atoms with Gasteiger partial charge in [0.2, 0.25) is 0 Å². The van der Waals surface area contributed by atoms with E-state index in [0.29, 0.717) is 5.69 Å². The number of carbonyl (C=O) groups is 1. The van der Waals surface area contributed by atoms with E-state index in [2.05, 4.69) is 35.5 Å². The van der Waals surface area contributed by atoms with E-state index in [1.165, 1.54) is 10.5 Å². The van der Waals surface area contributed by atoms with Gasteiger partial charge in [-0.25, -0.2) is 0 Å². The number of aromatic nitrogens is 2. The number of benzene rings is 2. The van der Waals surface area contributed by atoms with Gasteiger partial charge >= 0.3 is 0 Å². The third-order valence-electron chi connectivity index (χ3n) is 4.45. The quantitative estimate of drug-likeness (QED) is 0.650. The number of fused-ring (bicyclic) bond motifs is 3. The van der Waals surface area contributed by atoms with Gasteiger partial charge in [0.1, 0.15) is 0 Å². The Balaban J connectivity index is 1.71. The summed E-state index contributed by atoms with van der Waals surface area (Å²) in [5.74, 6) is 0.601. The summed E-state index contributed by atoms with van der Waals surface area (Å²) in [6.07, 6.45) is 2.02. The van der Waals surface area contributed by atoms with E-state index in [-0.39, 0.29) is 5.91 Å². The van der Waals surface area contributed by atoms with Crippen molar-refractivity contribution < 1.29 is 4.79 Å². The van der Waals surface area contributed by atoms with E-state index >= 15 is 0 Å².